The molecule has 0 unspecified atom stereocenters. The van der Waals surface area contributed by atoms with Crippen molar-refractivity contribution in [3.8, 4) is 0 Å². The zero-order valence-corrected chi connectivity index (χ0v) is 18.1. The van der Waals surface area contributed by atoms with E-state index in [-0.39, 0.29) is 18.1 Å². The lowest BCUT2D eigenvalue weighted by molar-refractivity contribution is 0.268. The van der Waals surface area contributed by atoms with Crippen LogP contribution in [0.4, 0.5) is 0 Å². The van der Waals surface area contributed by atoms with Crippen LogP contribution in [-0.4, -0.2) is 30.6 Å². The minimum Gasteiger partial charge on any atom is -0.352 e. The van der Waals surface area contributed by atoms with E-state index >= 15 is 0 Å². The van der Waals surface area contributed by atoms with Crippen molar-refractivity contribution in [1.82, 2.24) is 24.8 Å². The first-order chi connectivity index (χ1) is 14.0. The van der Waals surface area contributed by atoms with E-state index in [0.29, 0.717) is 0 Å². The average Bonchev–Trinajstić information content (AvgIpc) is 3.20. The van der Waals surface area contributed by atoms with E-state index in [1.54, 1.807) is 0 Å². The highest BCUT2D eigenvalue weighted by molar-refractivity contribution is 7.80. The number of thiocarbonyl (C=S) groups is 1. The van der Waals surface area contributed by atoms with E-state index < -0.39 is 0 Å². The first kappa shape index (κ1) is 19.6. The molecule has 0 saturated carbocycles. The second-order valence-corrected chi connectivity index (χ2v) is 8.28. The molecule has 0 aliphatic carbocycles. The molecule has 1 aliphatic heterocycles. The maximum atomic E-state index is 5.73. The molecule has 0 aromatic carbocycles. The Balaban J connectivity index is 1.77. The number of rotatable bonds is 5. The largest absolute Gasteiger partial charge is 0.352 e. The molecule has 1 saturated heterocycles. The highest BCUT2D eigenvalue weighted by atomic mass is 32.1. The highest BCUT2D eigenvalue weighted by Crippen LogP contribution is 2.41. The van der Waals surface area contributed by atoms with E-state index in [1.807, 2.05) is 30.7 Å². The molecule has 0 spiro atoms. The summed E-state index contributed by atoms with van der Waals surface area (Å²) in [5.41, 5.74) is 6.07. The summed E-state index contributed by atoms with van der Waals surface area (Å²) in [4.78, 5) is 11.1. The smallest absolute Gasteiger partial charge is 0.170 e. The summed E-state index contributed by atoms with van der Waals surface area (Å²) in [6.07, 6.45) is 5.55. The van der Waals surface area contributed by atoms with Gasteiger partial charge in [0.2, 0.25) is 0 Å². The van der Waals surface area contributed by atoms with Gasteiger partial charge in [-0.25, -0.2) is 0 Å². The Bertz CT molecular complexity index is 997. The van der Waals surface area contributed by atoms with Gasteiger partial charge in [0, 0.05) is 42.6 Å². The van der Waals surface area contributed by atoms with E-state index in [9.17, 15) is 0 Å². The van der Waals surface area contributed by atoms with Crippen LogP contribution in [0.3, 0.4) is 0 Å². The van der Waals surface area contributed by atoms with Crippen molar-refractivity contribution < 1.29 is 0 Å². The van der Waals surface area contributed by atoms with E-state index in [0.717, 1.165) is 17.4 Å². The predicted octanol–water partition coefficient (Wildman–Crippen LogP) is 4.32. The van der Waals surface area contributed by atoms with E-state index in [4.69, 9.17) is 12.2 Å². The monoisotopic (exact) mass is 405 g/mol. The van der Waals surface area contributed by atoms with Crippen LogP contribution in [0.1, 0.15) is 54.1 Å². The second kappa shape index (κ2) is 7.95. The molecular formula is C23H27N5S. The molecule has 0 bridgehead atoms. The van der Waals surface area contributed by atoms with E-state index in [1.165, 1.54) is 22.5 Å². The number of hydrogen-bond acceptors (Lipinski definition) is 3. The molecule has 3 aromatic heterocycles. The third-order valence-electron chi connectivity index (χ3n) is 5.71. The van der Waals surface area contributed by atoms with Gasteiger partial charge < -0.3 is 14.8 Å². The molecule has 0 radical (unpaired) electrons. The SMILES string of the molecule is Cc1cc([C@@H]2[C@H](c3ccccn3)NC(=S)N2C(C)C)c(C)n1Cc1ccncc1. The van der Waals surface area contributed by atoms with Crippen LogP contribution in [0.2, 0.25) is 0 Å². The van der Waals surface area contributed by atoms with Gasteiger partial charge in [-0.1, -0.05) is 6.07 Å². The first-order valence-electron chi connectivity index (χ1n) is 10.0. The van der Waals surface area contributed by atoms with Crippen LogP contribution in [0.5, 0.6) is 0 Å². The Hall–Kier alpha value is -2.73. The van der Waals surface area contributed by atoms with Crippen LogP contribution in [0.25, 0.3) is 0 Å². The molecule has 3 aromatic rings. The number of aryl methyl sites for hydroxylation is 1. The van der Waals surface area contributed by atoms with Crippen molar-refractivity contribution in [2.45, 2.75) is 52.4 Å². The highest BCUT2D eigenvalue weighted by Gasteiger charge is 2.42. The number of nitrogens with zero attached hydrogens (tertiary/aromatic N) is 4. The zero-order chi connectivity index (χ0) is 20.5. The molecule has 1 aliphatic rings. The fourth-order valence-electron chi connectivity index (χ4n) is 4.30. The molecule has 1 N–H and O–H groups in total. The topological polar surface area (TPSA) is 46.0 Å². The average molecular weight is 406 g/mol. The summed E-state index contributed by atoms with van der Waals surface area (Å²) in [7, 11) is 0. The molecule has 4 rings (SSSR count). The fourth-order valence-corrected chi connectivity index (χ4v) is 4.75. The molecule has 5 nitrogen and oxygen atoms in total. The fraction of sp³-hybridized carbons (Fsp3) is 0.348. The second-order valence-electron chi connectivity index (χ2n) is 7.90. The Morgan fingerprint density at radius 1 is 1.10 bits per heavy atom. The molecule has 1 fully saturated rings. The van der Waals surface area contributed by atoms with Gasteiger partial charge in [0.25, 0.3) is 0 Å². The van der Waals surface area contributed by atoms with Gasteiger partial charge in [0.1, 0.15) is 0 Å². The number of pyridine rings is 2. The van der Waals surface area contributed by atoms with Crippen LogP contribution in [0.15, 0.2) is 55.0 Å². The van der Waals surface area contributed by atoms with Crippen molar-refractivity contribution in [2.75, 3.05) is 0 Å². The standard InChI is InChI=1S/C23H27N5S/c1-15(2)28-22(21(26-23(28)29)20-7-5-6-10-25-20)19-13-16(3)27(17(19)4)14-18-8-11-24-12-9-18/h5-13,15,21-22H,14H2,1-4H3,(H,26,29)/t21-,22+/m0/s1. The Morgan fingerprint density at radius 2 is 1.86 bits per heavy atom. The van der Waals surface area contributed by atoms with Gasteiger partial charge in [-0.3, -0.25) is 9.97 Å². The third-order valence-corrected chi connectivity index (χ3v) is 6.04. The summed E-state index contributed by atoms with van der Waals surface area (Å²) in [6, 6.07) is 12.9. The lowest BCUT2D eigenvalue weighted by Crippen LogP contribution is -2.35. The van der Waals surface area contributed by atoms with Crippen LogP contribution in [-0.2, 0) is 6.54 Å². The van der Waals surface area contributed by atoms with Gasteiger partial charge in [-0.2, -0.15) is 0 Å². The van der Waals surface area contributed by atoms with Gasteiger partial charge >= 0.3 is 0 Å². The minimum atomic E-state index is 0.0287. The van der Waals surface area contributed by atoms with Crippen LogP contribution in [0, 0.1) is 13.8 Å². The zero-order valence-electron chi connectivity index (χ0n) is 17.3. The van der Waals surface area contributed by atoms with Crippen molar-refractivity contribution in [3.63, 3.8) is 0 Å². The Morgan fingerprint density at radius 3 is 2.52 bits per heavy atom. The van der Waals surface area contributed by atoms with E-state index in [2.05, 4.69) is 76.7 Å². The maximum Gasteiger partial charge on any atom is 0.170 e. The molecule has 29 heavy (non-hydrogen) atoms. The number of aromatic nitrogens is 3. The number of nitrogens with one attached hydrogen (secondary N) is 1. The van der Waals surface area contributed by atoms with Crippen LogP contribution >= 0.6 is 12.2 Å². The van der Waals surface area contributed by atoms with Gasteiger partial charge in [0.05, 0.1) is 17.8 Å². The first-order valence-corrected chi connectivity index (χ1v) is 10.4. The van der Waals surface area contributed by atoms with Gasteiger partial charge in [0.15, 0.2) is 5.11 Å². The third kappa shape index (κ3) is 3.65. The van der Waals surface area contributed by atoms with Crippen LogP contribution < -0.4 is 5.32 Å². The molecule has 4 heterocycles. The van der Waals surface area contributed by atoms with Gasteiger partial charge in [-0.15, -0.1) is 0 Å². The molecule has 6 heteroatoms. The predicted molar refractivity (Wildman–Crippen MR) is 120 cm³/mol. The number of hydrogen-bond donors (Lipinski definition) is 1. The minimum absolute atomic E-state index is 0.0287. The van der Waals surface area contributed by atoms with Crippen molar-refractivity contribution >= 4 is 17.3 Å². The summed E-state index contributed by atoms with van der Waals surface area (Å²) in [6.45, 7) is 9.60. The maximum absolute atomic E-state index is 5.73. The normalized spacial score (nSPS) is 19.1. The van der Waals surface area contributed by atoms with Crippen molar-refractivity contribution in [1.29, 1.82) is 0 Å². The Labute approximate surface area is 177 Å². The summed E-state index contributed by atoms with van der Waals surface area (Å²) in [5, 5.41) is 4.32. The Kier molecular flexibility index (Phi) is 5.37. The molecule has 2 atom stereocenters. The van der Waals surface area contributed by atoms with Gasteiger partial charge in [-0.05, 0) is 81.4 Å². The quantitative estimate of drug-likeness (QED) is 0.641. The molecule has 0 amide bonds. The van der Waals surface area contributed by atoms with Crippen molar-refractivity contribution in [3.05, 3.63) is 83.2 Å². The summed E-state index contributed by atoms with van der Waals surface area (Å²) in [5.74, 6) is 0. The lowest BCUT2D eigenvalue weighted by Gasteiger charge is -2.31. The van der Waals surface area contributed by atoms with Crippen molar-refractivity contribution in [2.24, 2.45) is 0 Å². The lowest BCUT2D eigenvalue weighted by atomic mass is 9.96. The molecular weight excluding hydrogens is 378 g/mol. The molecule has 150 valence electrons. The summed E-state index contributed by atoms with van der Waals surface area (Å²) >= 11 is 5.73. The summed E-state index contributed by atoms with van der Waals surface area (Å²) < 4.78 is 2.38.